The molecule has 4 rings (SSSR count). The first kappa shape index (κ1) is 11.6. The fourth-order valence-electron chi connectivity index (χ4n) is 3.51. The average Bonchev–Trinajstić information content (AvgIpc) is 3.26. The van der Waals surface area contributed by atoms with Gasteiger partial charge in [0.05, 0.1) is 5.69 Å². The molecule has 2 heterocycles. The van der Waals surface area contributed by atoms with Gasteiger partial charge in [-0.05, 0) is 50.9 Å². The molecule has 1 spiro atoms. The fraction of sp³-hybridized carbons (Fsp3) is 0.625. The molecule has 2 aliphatic heterocycles. The van der Waals surface area contributed by atoms with Gasteiger partial charge in [-0.3, -0.25) is 0 Å². The number of hydrogen-bond donors (Lipinski definition) is 1. The number of nitrogens with zero attached hydrogens (tertiary/aromatic N) is 1. The van der Waals surface area contributed by atoms with Gasteiger partial charge in [-0.2, -0.15) is 0 Å². The van der Waals surface area contributed by atoms with Gasteiger partial charge in [-0.15, -0.1) is 0 Å². The Morgan fingerprint density at radius 3 is 2.68 bits per heavy atom. The van der Waals surface area contributed by atoms with Crippen LogP contribution in [-0.2, 0) is 0 Å². The Morgan fingerprint density at radius 1 is 1.11 bits per heavy atom. The fourth-order valence-corrected chi connectivity index (χ4v) is 3.51. The van der Waals surface area contributed by atoms with Gasteiger partial charge < -0.3 is 15.0 Å². The van der Waals surface area contributed by atoms with Crippen molar-refractivity contribution < 1.29 is 4.74 Å². The molecule has 1 saturated carbocycles. The quantitative estimate of drug-likeness (QED) is 0.838. The monoisotopic (exact) mass is 258 g/mol. The van der Waals surface area contributed by atoms with Gasteiger partial charge >= 0.3 is 0 Å². The Labute approximate surface area is 114 Å². The van der Waals surface area contributed by atoms with E-state index in [1.807, 2.05) is 0 Å². The highest BCUT2D eigenvalue weighted by atomic mass is 16.5. The van der Waals surface area contributed by atoms with Gasteiger partial charge in [-0.1, -0.05) is 12.1 Å². The second kappa shape index (κ2) is 4.41. The summed E-state index contributed by atoms with van der Waals surface area (Å²) in [4.78, 5) is 2.59. The molecule has 3 heteroatoms. The topological polar surface area (TPSA) is 24.5 Å². The smallest absolute Gasteiger partial charge is 0.143 e. The van der Waals surface area contributed by atoms with Gasteiger partial charge in [0, 0.05) is 19.0 Å². The Bertz CT molecular complexity index is 464. The number of fused-ring (bicyclic) bond motifs is 1. The number of nitrogens with one attached hydrogen (secondary N) is 1. The van der Waals surface area contributed by atoms with Crippen LogP contribution in [0.1, 0.15) is 32.1 Å². The molecule has 0 aromatic heterocycles. The Morgan fingerprint density at radius 2 is 1.89 bits per heavy atom. The highest BCUT2D eigenvalue weighted by Gasteiger charge is 2.40. The Balaban J connectivity index is 1.69. The normalized spacial score (nSPS) is 25.6. The first-order valence-electron chi connectivity index (χ1n) is 7.62. The molecular weight excluding hydrogens is 236 g/mol. The highest BCUT2D eigenvalue weighted by Crippen LogP contribution is 2.43. The molecule has 0 unspecified atom stereocenters. The van der Waals surface area contributed by atoms with Crippen molar-refractivity contribution in [2.75, 3.05) is 24.5 Å². The number of hydrogen-bond acceptors (Lipinski definition) is 3. The van der Waals surface area contributed by atoms with E-state index in [9.17, 15) is 0 Å². The van der Waals surface area contributed by atoms with E-state index < -0.39 is 0 Å². The van der Waals surface area contributed by atoms with Crippen LogP contribution in [0.5, 0.6) is 5.75 Å². The lowest BCUT2D eigenvalue weighted by molar-refractivity contribution is 0.0350. The third-order valence-electron chi connectivity index (χ3n) is 4.81. The van der Waals surface area contributed by atoms with Crippen molar-refractivity contribution >= 4 is 5.69 Å². The zero-order valence-corrected chi connectivity index (χ0v) is 11.4. The van der Waals surface area contributed by atoms with Gasteiger partial charge in [0.15, 0.2) is 0 Å². The molecule has 1 saturated heterocycles. The summed E-state index contributed by atoms with van der Waals surface area (Å²) >= 11 is 0. The predicted octanol–water partition coefficient (Wildman–Crippen LogP) is 2.56. The van der Waals surface area contributed by atoms with Crippen molar-refractivity contribution in [2.24, 2.45) is 0 Å². The van der Waals surface area contributed by atoms with Crippen LogP contribution < -0.4 is 15.0 Å². The predicted molar refractivity (Wildman–Crippen MR) is 76.9 cm³/mol. The maximum Gasteiger partial charge on any atom is 0.143 e. The molecule has 102 valence electrons. The van der Waals surface area contributed by atoms with Crippen molar-refractivity contribution in [1.82, 2.24) is 5.32 Å². The van der Waals surface area contributed by atoms with Crippen molar-refractivity contribution in [3.05, 3.63) is 24.3 Å². The van der Waals surface area contributed by atoms with Crippen molar-refractivity contribution in [1.29, 1.82) is 0 Å². The second-order valence-corrected chi connectivity index (χ2v) is 6.18. The lowest BCUT2D eigenvalue weighted by atomic mass is 9.88. The number of benzene rings is 1. The number of rotatable bonds is 1. The molecule has 19 heavy (non-hydrogen) atoms. The van der Waals surface area contributed by atoms with Crippen LogP contribution >= 0.6 is 0 Å². The molecule has 2 fully saturated rings. The van der Waals surface area contributed by atoms with Crippen molar-refractivity contribution in [2.45, 2.75) is 43.7 Å². The molecule has 0 bridgehead atoms. The minimum atomic E-state index is 0.0744. The van der Waals surface area contributed by atoms with E-state index in [0.29, 0.717) is 0 Å². The SMILES string of the molecule is c1ccc2c(c1)OC1(CCNCC1)CCN2C1CC1. The van der Waals surface area contributed by atoms with Gasteiger partial charge in [0.25, 0.3) is 0 Å². The molecule has 3 aliphatic rings. The van der Waals surface area contributed by atoms with Crippen LogP contribution in [0.25, 0.3) is 0 Å². The summed E-state index contributed by atoms with van der Waals surface area (Å²) in [5.41, 5.74) is 1.39. The Hall–Kier alpha value is -1.22. The number of anilines is 1. The van der Waals surface area contributed by atoms with Crippen molar-refractivity contribution in [3.8, 4) is 5.75 Å². The molecule has 1 aromatic carbocycles. The third-order valence-corrected chi connectivity index (χ3v) is 4.81. The third kappa shape index (κ3) is 2.10. The maximum absolute atomic E-state index is 6.51. The van der Waals surface area contributed by atoms with Gasteiger partial charge in [0.2, 0.25) is 0 Å². The first-order valence-corrected chi connectivity index (χ1v) is 7.62. The zero-order chi connectivity index (χ0) is 12.7. The standard InChI is InChI=1S/C16H22N2O/c1-2-4-15-14(3-1)18(13-5-6-13)12-9-16(19-15)7-10-17-11-8-16/h1-4,13,17H,5-12H2. The largest absolute Gasteiger partial charge is 0.485 e. The minimum Gasteiger partial charge on any atom is -0.485 e. The number of piperidine rings is 1. The number of ether oxygens (including phenoxy) is 1. The first-order chi connectivity index (χ1) is 9.36. The summed E-state index contributed by atoms with van der Waals surface area (Å²) in [6.45, 7) is 3.33. The van der Waals surface area contributed by atoms with Gasteiger partial charge in [0.1, 0.15) is 11.4 Å². The second-order valence-electron chi connectivity index (χ2n) is 6.18. The number of para-hydroxylation sites is 2. The van der Waals surface area contributed by atoms with E-state index in [0.717, 1.165) is 44.3 Å². The molecule has 1 aliphatic carbocycles. The van der Waals surface area contributed by atoms with E-state index in [1.165, 1.54) is 24.9 Å². The maximum atomic E-state index is 6.51. The van der Waals surface area contributed by atoms with E-state index in [1.54, 1.807) is 0 Å². The summed E-state index contributed by atoms with van der Waals surface area (Å²) in [5.74, 6) is 1.11. The van der Waals surface area contributed by atoms with Gasteiger partial charge in [-0.25, -0.2) is 0 Å². The zero-order valence-electron chi connectivity index (χ0n) is 11.4. The van der Waals surface area contributed by atoms with Crippen LogP contribution in [0, 0.1) is 0 Å². The Kier molecular flexibility index (Phi) is 2.69. The average molecular weight is 258 g/mol. The summed E-state index contributed by atoms with van der Waals surface area (Å²) in [6, 6.07) is 9.39. The van der Waals surface area contributed by atoms with Crippen LogP contribution in [-0.4, -0.2) is 31.3 Å². The van der Waals surface area contributed by atoms with Crippen LogP contribution in [0.3, 0.4) is 0 Å². The summed E-state index contributed by atoms with van der Waals surface area (Å²) in [7, 11) is 0. The lowest BCUT2D eigenvalue weighted by Crippen LogP contribution is -2.47. The summed E-state index contributed by atoms with van der Waals surface area (Å²) in [5, 5.41) is 3.45. The summed E-state index contributed by atoms with van der Waals surface area (Å²) in [6.07, 6.45) is 6.14. The van der Waals surface area contributed by atoms with Crippen LogP contribution in [0.15, 0.2) is 24.3 Å². The van der Waals surface area contributed by atoms with E-state index in [-0.39, 0.29) is 5.60 Å². The van der Waals surface area contributed by atoms with Crippen LogP contribution in [0.2, 0.25) is 0 Å². The lowest BCUT2D eigenvalue weighted by Gasteiger charge is -2.37. The molecule has 1 aromatic rings. The molecule has 0 atom stereocenters. The van der Waals surface area contributed by atoms with E-state index in [2.05, 4.69) is 34.5 Å². The van der Waals surface area contributed by atoms with Crippen LogP contribution in [0.4, 0.5) is 5.69 Å². The molecule has 0 amide bonds. The molecule has 3 nitrogen and oxygen atoms in total. The van der Waals surface area contributed by atoms with E-state index in [4.69, 9.17) is 4.74 Å². The minimum absolute atomic E-state index is 0.0744. The molecular formula is C16H22N2O. The summed E-state index contributed by atoms with van der Waals surface area (Å²) < 4.78 is 6.51. The van der Waals surface area contributed by atoms with Crippen molar-refractivity contribution in [3.63, 3.8) is 0 Å². The molecule has 0 radical (unpaired) electrons. The molecule has 1 N–H and O–H groups in total. The highest BCUT2D eigenvalue weighted by molar-refractivity contribution is 5.60. The van der Waals surface area contributed by atoms with E-state index >= 15 is 0 Å².